The largest absolute Gasteiger partial charge is 0.493 e. The summed E-state index contributed by atoms with van der Waals surface area (Å²) in [5, 5.41) is 19.4. The molecule has 0 bridgehead atoms. The number of nitro groups is 1. The SMILES string of the molecule is COc1cc(/C=C/c2nc3cc([N+](=O)[O-])ccc3o2)ccc1OCC#N. The summed E-state index contributed by atoms with van der Waals surface area (Å²) < 4.78 is 16.1. The van der Waals surface area contributed by atoms with Crippen molar-refractivity contribution < 1.29 is 18.8 Å². The van der Waals surface area contributed by atoms with Gasteiger partial charge >= 0.3 is 0 Å². The molecule has 0 aliphatic carbocycles. The predicted octanol–water partition coefficient (Wildman–Crippen LogP) is 3.82. The van der Waals surface area contributed by atoms with E-state index in [0.717, 1.165) is 5.56 Å². The Labute approximate surface area is 148 Å². The second-order valence-electron chi connectivity index (χ2n) is 5.15. The zero-order valence-electron chi connectivity index (χ0n) is 13.7. The van der Waals surface area contributed by atoms with Crippen LogP contribution in [0.25, 0.3) is 23.3 Å². The number of methoxy groups -OCH3 is 1. The van der Waals surface area contributed by atoms with E-state index in [-0.39, 0.29) is 12.3 Å². The monoisotopic (exact) mass is 351 g/mol. The highest BCUT2D eigenvalue weighted by Gasteiger charge is 2.10. The van der Waals surface area contributed by atoms with Crippen LogP contribution in [0.4, 0.5) is 5.69 Å². The van der Waals surface area contributed by atoms with Gasteiger partial charge in [0.1, 0.15) is 11.6 Å². The first-order valence-electron chi connectivity index (χ1n) is 7.51. The lowest BCUT2D eigenvalue weighted by molar-refractivity contribution is -0.384. The summed E-state index contributed by atoms with van der Waals surface area (Å²) in [7, 11) is 1.51. The fourth-order valence-corrected chi connectivity index (χ4v) is 2.30. The number of oxazole rings is 1. The number of nitriles is 1. The Morgan fingerprint density at radius 3 is 2.85 bits per heavy atom. The van der Waals surface area contributed by atoms with Gasteiger partial charge in [0.15, 0.2) is 23.7 Å². The van der Waals surface area contributed by atoms with Crippen LogP contribution in [0.1, 0.15) is 11.5 Å². The van der Waals surface area contributed by atoms with Crippen LogP contribution in [-0.2, 0) is 0 Å². The molecule has 0 aliphatic heterocycles. The second-order valence-corrected chi connectivity index (χ2v) is 5.15. The quantitative estimate of drug-likeness (QED) is 0.490. The van der Waals surface area contributed by atoms with E-state index in [1.165, 1.54) is 25.3 Å². The third-order valence-electron chi connectivity index (χ3n) is 3.50. The van der Waals surface area contributed by atoms with Gasteiger partial charge in [0.2, 0.25) is 5.89 Å². The van der Waals surface area contributed by atoms with Crippen LogP contribution in [0.3, 0.4) is 0 Å². The molecule has 0 aliphatic rings. The van der Waals surface area contributed by atoms with Crippen molar-refractivity contribution in [2.75, 3.05) is 13.7 Å². The summed E-state index contributed by atoms with van der Waals surface area (Å²) in [5.74, 6) is 1.29. The Kier molecular flexibility index (Phi) is 4.80. The zero-order chi connectivity index (χ0) is 18.5. The Morgan fingerprint density at radius 1 is 1.27 bits per heavy atom. The molecule has 3 aromatic rings. The molecule has 3 rings (SSSR count). The van der Waals surface area contributed by atoms with Crippen molar-refractivity contribution in [2.24, 2.45) is 0 Å². The molecule has 0 atom stereocenters. The molecule has 2 aromatic carbocycles. The normalized spacial score (nSPS) is 10.8. The average Bonchev–Trinajstić information content (AvgIpc) is 3.06. The summed E-state index contributed by atoms with van der Waals surface area (Å²) >= 11 is 0. The molecular formula is C18H13N3O5. The van der Waals surface area contributed by atoms with Gasteiger partial charge in [-0.3, -0.25) is 10.1 Å². The first-order valence-corrected chi connectivity index (χ1v) is 7.51. The molecule has 26 heavy (non-hydrogen) atoms. The number of nitrogens with zero attached hydrogens (tertiary/aromatic N) is 3. The Bertz CT molecular complexity index is 1030. The molecule has 0 unspecified atom stereocenters. The van der Waals surface area contributed by atoms with Crippen molar-refractivity contribution >= 4 is 28.9 Å². The molecule has 0 radical (unpaired) electrons. The molecule has 0 saturated carbocycles. The number of non-ortho nitro benzene ring substituents is 1. The van der Waals surface area contributed by atoms with Crippen LogP contribution in [0.15, 0.2) is 40.8 Å². The Balaban J connectivity index is 1.84. The smallest absolute Gasteiger partial charge is 0.271 e. The van der Waals surface area contributed by atoms with Gasteiger partial charge in [0.05, 0.1) is 12.0 Å². The van der Waals surface area contributed by atoms with Crippen LogP contribution in [0, 0.1) is 21.4 Å². The molecule has 0 saturated heterocycles. The molecular weight excluding hydrogens is 338 g/mol. The van der Waals surface area contributed by atoms with Gasteiger partial charge in [-0.25, -0.2) is 4.98 Å². The minimum absolute atomic E-state index is 0.0426. The highest BCUT2D eigenvalue weighted by Crippen LogP contribution is 2.29. The maximum absolute atomic E-state index is 10.8. The lowest BCUT2D eigenvalue weighted by atomic mass is 10.2. The van der Waals surface area contributed by atoms with Crippen molar-refractivity contribution in [3.63, 3.8) is 0 Å². The van der Waals surface area contributed by atoms with Gasteiger partial charge in [-0.05, 0) is 29.8 Å². The molecule has 1 aromatic heterocycles. The molecule has 0 N–H and O–H groups in total. The fraction of sp³-hybridized carbons (Fsp3) is 0.111. The van der Waals surface area contributed by atoms with Gasteiger partial charge in [0, 0.05) is 18.2 Å². The van der Waals surface area contributed by atoms with E-state index in [9.17, 15) is 10.1 Å². The summed E-state index contributed by atoms with van der Waals surface area (Å²) in [6.07, 6.45) is 3.41. The van der Waals surface area contributed by atoms with Gasteiger partial charge < -0.3 is 13.9 Å². The van der Waals surface area contributed by atoms with E-state index in [0.29, 0.717) is 28.5 Å². The first-order chi connectivity index (χ1) is 12.6. The average molecular weight is 351 g/mol. The number of hydrogen-bond donors (Lipinski definition) is 0. The van der Waals surface area contributed by atoms with E-state index in [1.54, 1.807) is 30.4 Å². The third kappa shape index (κ3) is 3.62. The first kappa shape index (κ1) is 17.0. The molecule has 8 heteroatoms. The predicted molar refractivity (Wildman–Crippen MR) is 93.7 cm³/mol. The van der Waals surface area contributed by atoms with E-state index in [1.807, 2.05) is 6.07 Å². The van der Waals surface area contributed by atoms with Crippen LogP contribution in [0.5, 0.6) is 11.5 Å². The van der Waals surface area contributed by atoms with Crippen molar-refractivity contribution in [3.8, 4) is 17.6 Å². The lowest BCUT2D eigenvalue weighted by Crippen LogP contribution is -1.96. The zero-order valence-corrected chi connectivity index (χ0v) is 13.7. The van der Waals surface area contributed by atoms with Gasteiger partial charge in [-0.2, -0.15) is 5.26 Å². The van der Waals surface area contributed by atoms with Crippen molar-refractivity contribution in [1.29, 1.82) is 5.26 Å². The molecule has 0 spiro atoms. The van der Waals surface area contributed by atoms with E-state index in [2.05, 4.69) is 4.98 Å². The Morgan fingerprint density at radius 2 is 2.12 bits per heavy atom. The number of benzene rings is 2. The number of aromatic nitrogens is 1. The summed E-state index contributed by atoms with van der Waals surface area (Å²) in [5.41, 5.74) is 1.64. The number of nitro benzene ring substituents is 1. The van der Waals surface area contributed by atoms with Crippen molar-refractivity contribution in [1.82, 2.24) is 4.98 Å². The van der Waals surface area contributed by atoms with Crippen LogP contribution in [0.2, 0.25) is 0 Å². The standard InChI is InChI=1S/C18H13N3O5/c1-24-17-10-12(2-5-16(17)25-9-8-19)3-7-18-20-14-11-13(21(22)23)4-6-15(14)26-18/h2-7,10-11H,9H2,1H3/b7-3+. The summed E-state index contributed by atoms with van der Waals surface area (Å²) in [6, 6.07) is 11.4. The van der Waals surface area contributed by atoms with Gasteiger partial charge in [0.25, 0.3) is 5.69 Å². The molecule has 0 amide bonds. The highest BCUT2D eigenvalue weighted by atomic mass is 16.6. The van der Waals surface area contributed by atoms with Gasteiger partial charge in [-0.1, -0.05) is 6.07 Å². The third-order valence-corrected chi connectivity index (χ3v) is 3.50. The maximum atomic E-state index is 10.8. The van der Waals surface area contributed by atoms with Crippen LogP contribution < -0.4 is 9.47 Å². The minimum atomic E-state index is -0.480. The summed E-state index contributed by atoms with van der Waals surface area (Å²) in [6.45, 7) is -0.0689. The minimum Gasteiger partial charge on any atom is -0.493 e. The van der Waals surface area contributed by atoms with Gasteiger partial charge in [-0.15, -0.1) is 0 Å². The van der Waals surface area contributed by atoms with E-state index < -0.39 is 4.92 Å². The summed E-state index contributed by atoms with van der Waals surface area (Å²) in [4.78, 5) is 14.6. The van der Waals surface area contributed by atoms with Crippen molar-refractivity contribution in [3.05, 3.63) is 58.0 Å². The van der Waals surface area contributed by atoms with E-state index >= 15 is 0 Å². The van der Waals surface area contributed by atoms with E-state index in [4.69, 9.17) is 19.2 Å². The lowest BCUT2D eigenvalue weighted by Gasteiger charge is -2.08. The molecule has 1 heterocycles. The molecule has 130 valence electrons. The number of hydrogen-bond acceptors (Lipinski definition) is 7. The molecule has 0 fully saturated rings. The number of ether oxygens (including phenoxy) is 2. The number of rotatable bonds is 6. The topological polar surface area (TPSA) is 111 Å². The molecule has 8 nitrogen and oxygen atoms in total. The van der Waals surface area contributed by atoms with Crippen LogP contribution in [-0.4, -0.2) is 23.6 Å². The highest BCUT2D eigenvalue weighted by molar-refractivity contribution is 5.78. The van der Waals surface area contributed by atoms with Crippen molar-refractivity contribution in [2.45, 2.75) is 0 Å². The fourth-order valence-electron chi connectivity index (χ4n) is 2.30. The second kappa shape index (κ2) is 7.36. The van der Waals surface area contributed by atoms with Crippen LogP contribution >= 0.6 is 0 Å². The Hall–Kier alpha value is -3.86. The number of fused-ring (bicyclic) bond motifs is 1. The maximum Gasteiger partial charge on any atom is 0.271 e.